The van der Waals surface area contributed by atoms with Gasteiger partial charge in [0.25, 0.3) is 5.91 Å². The summed E-state index contributed by atoms with van der Waals surface area (Å²) in [4.78, 5) is 14.6. The lowest BCUT2D eigenvalue weighted by Crippen LogP contribution is -2.36. The molecule has 0 N–H and O–H groups in total. The number of amides is 1. The van der Waals surface area contributed by atoms with Crippen molar-refractivity contribution in [2.24, 2.45) is 0 Å². The SMILES string of the molecule is O=C(c1ccc(Cl)cc1Cl)N1CCc2noc(-c3ccc(Cl)cc3)c2C1. The first kappa shape index (κ1) is 17.4. The van der Waals surface area contributed by atoms with Crippen LogP contribution in [0.3, 0.4) is 0 Å². The molecule has 1 aromatic heterocycles. The number of fused-ring (bicyclic) bond motifs is 1. The van der Waals surface area contributed by atoms with Crippen molar-refractivity contribution >= 4 is 40.7 Å². The molecule has 0 aliphatic carbocycles. The average molecular weight is 408 g/mol. The van der Waals surface area contributed by atoms with Crippen molar-refractivity contribution in [2.75, 3.05) is 6.54 Å². The Labute approximate surface area is 165 Å². The van der Waals surface area contributed by atoms with Gasteiger partial charge in [-0.25, -0.2) is 0 Å². The molecule has 132 valence electrons. The van der Waals surface area contributed by atoms with Crippen LogP contribution in [-0.2, 0) is 13.0 Å². The standard InChI is InChI=1S/C19H13Cl3N2O2/c20-12-3-1-11(2-4-12)18-15-10-24(8-7-17(15)23-26-18)19(25)14-6-5-13(21)9-16(14)22/h1-6,9H,7-8,10H2. The molecule has 1 aliphatic heterocycles. The first-order valence-corrected chi connectivity index (χ1v) is 9.14. The molecule has 0 saturated heterocycles. The molecule has 2 heterocycles. The van der Waals surface area contributed by atoms with Crippen molar-refractivity contribution < 1.29 is 9.32 Å². The molecule has 0 fully saturated rings. The number of aromatic nitrogens is 1. The predicted octanol–water partition coefficient (Wildman–Crippen LogP) is 5.50. The maximum atomic E-state index is 12.9. The number of nitrogens with zero attached hydrogens (tertiary/aromatic N) is 2. The van der Waals surface area contributed by atoms with E-state index in [1.54, 1.807) is 35.2 Å². The Kier molecular flexibility index (Phi) is 4.65. The highest BCUT2D eigenvalue weighted by molar-refractivity contribution is 6.36. The summed E-state index contributed by atoms with van der Waals surface area (Å²) in [7, 11) is 0. The van der Waals surface area contributed by atoms with E-state index in [0.29, 0.717) is 45.9 Å². The summed E-state index contributed by atoms with van der Waals surface area (Å²) in [5.74, 6) is 0.525. The van der Waals surface area contributed by atoms with Crippen LogP contribution in [0.1, 0.15) is 21.6 Å². The van der Waals surface area contributed by atoms with Gasteiger partial charge in [0.15, 0.2) is 5.76 Å². The van der Waals surface area contributed by atoms with Gasteiger partial charge < -0.3 is 9.42 Å². The minimum Gasteiger partial charge on any atom is -0.356 e. The second-order valence-electron chi connectivity index (χ2n) is 6.04. The van der Waals surface area contributed by atoms with Gasteiger partial charge in [0.1, 0.15) is 0 Å². The molecule has 4 rings (SSSR count). The fourth-order valence-corrected chi connectivity index (χ4v) is 3.66. The molecule has 4 nitrogen and oxygen atoms in total. The van der Waals surface area contributed by atoms with Crippen molar-refractivity contribution in [3.63, 3.8) is 0 Å². The fraction of sp³-hybridized carbons (Fsp3) is 0.158. The Morgan fingerprint density at radius 2 is 1.77 bits per heavy atom. The summed E-state index contributed by atoms with van der Waals surface area (Å²) in [6.45, 7) is 0.964. The molecule has 1 aliphatic rings. The summed E-state index contributed by atoms with van der Waals surface area (Å²) in [6, 6.07) is 12.2. The number of benzene rings is 2. The van der Waals surface area contributed by atoms with Crippen LogP contribution in [0.5, 0.6) is 0 Å². The highest BCUT2D eigenvalue weighted by atomic mass is 35.5. The smallest absolute Gasteiger partial charge is 0.255 e. The van der Waals surface area contributed by atoms with Crippen LogP contribution in [0.25, 0.3) is 11.3 Å². The van der Waals surface area contributed by atoms with Crippen LogP contribution in [-0.4, -0.2) is 22.5 Å². The number of hydrogen-bond donors (Lipinski definition) is 0. The van der Waals surface area contributed by atoms with Crippen LogP contribution in [0, 0.1) is 0 Å². The molecule has 0 spiro atoms. The molecule has 0 bridgehead atoms. The molecule has 2 aromatic carbocycles. The van der Waals surface area contributed by atoms with Gasteiger partial charge in [-0.1, -0.05) is 40.0 Å². The third-order valence-electron chi connectivity index (χ3n) is 4.39. The lowest BCUT2D eigenvalue weighted by molar-refractivity contribution is 0.0735. The maximum Gasteiger partial charge on any atom is 0.255 e. The summed E-state index contributed by atoms with van der Waals surface area (Å²) >= 11 is 18.1. The van der Waals surface area contributed by atoms with Crippen LogP contribution < -0.4 is 0 Å². The Hall–Kier alpha value is -2.01. The largest absolute Gasteiger partial charge is 0.356 e. The predicted molar refractivity (Wildman–Crippen MR) is 102 cm³/mol. The maximum absolute atomic E-state index is 12.9. The van der Waals surface area contributed by atoms with Gasteiger partial charge in [-0.3, -0.25) is 4.79 Å². The fourth-order valence-electron chi connectivity index (χ4n) is 3.05. The molecule has 0 saturated carbocycles. The van der Waals surface area contributed by atoms with E-state index in [2.05, 4.69) is 5.16 Å². The van der Waals surface area contributed by atoms with Gasteiger partial charge in [0.2, 0.25) is 0 Å². The van der Waals surface area contributed by atoms with Gasteiger partial charge in [0, 0.05) is 34.1 Å². The minimum atomic E-state index is -0.138. The van der Waals surface area contributed by atoms with Gasteiger partial charge in [-0.05, 0) is 42.5 Å². The number of hydrogen-bond acceptors (Lipinski definition) is 3. The Balaban J connectivity index is 1.64. The van der Waals surface area contributed by atoms with Gasteiger partial charge >= 0.3 is 0 Å². The van der Waals surface area contributed by atoms with E-state index >= 15 is 0 Å². The third kappa shape index (κ3) is 3.20. The zero-order chi connectivity index (χ0) is 18.3. The van der Waals surface area contributed by atoms with Gasteiger partial charge in [-0.15, -0.1) is 0 Å². The van der Waals surface area contributed by atoms with E-state index in [1.807, 2.05) is 12.1 Å². The van der Waals surface area contributed by atoms with Crippen molar-refractivity contribution in [3.8, 4) is 11.3 Å². The van der Waals surface area contributed by atoms with Crippen molar-refractivity contribution in [2.45, 2.75) is 13.0 Å². The van der Waals surface area contributed by atoms with Crippen LogP contribution in [0.15, 0.2) is 47.0 Å². The van der Waals surface area contributed by atoms with E-state index in [4.69, 9.17) is 39.3 Å². The minimum absolute atomic E-state index is 0.138. The molecule has 3 aromatic rings. The van der Waals surface area contributed by atoms with Crippen molar-refractivity contribution in [1.82, 2.24) is 10.1 Å². The summed E-state index contributed by atoms with van der Waals surface area (Å²) in [5, 5.41) is 5.65. The summed E-state index contributed by atoms with van der Waals surface area (Å²) in [5.41, 5.74) is 3.10. The first-order valence-electron chi connectivity index (χ1n) is 8.00. The molecule has 7 heteroatoms. The van der Waals surface area contributed by atoms with E-state index in [-0.39, 0.29) is 5.91 Å². The third-order valence-corrected chi connectivity index (χ3v) is 5.19. The van der Waals surface area contributed by atoms with Crippen molar-refractivity contribution in [3.05, 3.63) is 74.4 Å². The number of carbonyl (C=O) groups excluding carboxylic acids is 1. The highest BCUT2D eigenvalue weighted by Gasteiger charge is 2.28. The number of rotatable bonds is 2. The van der Waals surface area contributed by atoms with Crippen LogP contribution >= 0.6 is 34.8 Å². The monoisotopic (exact) mass is 406 g/mol. The van der Waals surface area contributed by atoms with Crippen molar-refractivity contribution in [1.29, 1.82) is 0 Å². The Morgan fingerprint density at radius 3 is 2.50 bits per heavy atom. The van der Waals surface area contributed by atoms with E-state index in [0.717, 1.165) is 16.8 Å². The summed E-state index contributed by atoms with van der Waals surface area (Å²) in [6.07, 6.45) is 0.628. The Morgan fingerprint density at radius 1 is 1.04 bits per heavy atom. The van der Waals surface area contributed by atoms with Crippen LogP contribution in [0.2, 0.25) is 15.1 Å². The molecular formula is C19H13Cl3N2O2. The normalized spacial score (nSPS) is 13.6. The topological polar surface area (TPSA) is 46.3 Å². The number of halogens is 3. The molecular weight excluding hydrogens is 395 g/mol. The van der Waals surface area contributed by atoms with E-state index < -0.39 is 0 Å². The lowest BCUT2D eigenvalue weighted by atomic mass is 10.0. The second-order valence-corrected chi connectivity index (χ2v) is 7.32. The Bertz CT molecular complexity index is 983. The molecule has 0 atom stereocenters. The quantitative estimate of drug-likeness (QED) is 0.563. The van der Waals surface area contributed by atoms with Crippen LogP contribution in [0.4, 0.5) is 0 Å². The average Bonchev–Trinajstić information content (AvgIpc) is 3.05. The van der Waals surface area contributed by atoms with E-state index in [9.17, 15) is 4.79 Å². The highest BCUT2D eigenvalue weighted by Crippen LogP contribution is 2.32. The van der Waals surface area contributed by atoms with Gasteiger partial charge in [-0.2, -0.15) is 0 Å². The van der Waals surface area contributed by atoms with Gasteiger partial charge in [0.05, 0.1) is 22.8 Å². The van der Waals surface area contributed by atoms with E-state index in [1.165, 1.54) is 0 Å². The molecule has 0 unspecified atom stereocenters. The lowest BCUT2D eigenvalue weighted by Gasteiger charge is -2.26. The zero-order valence-electron chi connectivity index (χ0n) is 13.5. The number of carbonyl (C=O) groups is 1. The first-order chi connectivity index (χ1) is 12.5. The second kappa shape index (κ2) is 6.95. The summed E-state index contributed by atoms with van der Waals surface area (Å²) < 4.78 is 5.54. The molecule has 26 heavy (non-hydrogen) atoms. The zero-order valence-corrected chi connectivity index (χ0v) is 15.8. The molecule has 1 amide bonds. The molecule has 0 radical (unpaired) electrons.